The van der Waals surface area contributed by atoms with E-state index in [1.807, 2.05) is 6.92 Å². The quantitative estimate of drug-likeness (QED) is 0.490. The summed E-state index contributed by atoms with van der Waals surface area (Å²) >= 11 is 0. The predicted octanol–water partition coefficient (Wildman–Crippen LogP) is 7.43. The smallest absolute Gasteiger partial charge is 0.132 e. The Morgan fingerprint density at radius 1 is 0.926 bits per heavy atom. The summed E-state index contributed by atoms with van der Waals surface area (Å²) in [4.78, 5) is 11.9. The average molecular weight is 373 g/mol. The zero-order valence-corrected chi connectivity index (χ0v) is 18.6. The number of hydrogen-bond acceptors (Lipinski definition) is 1. The summed E-state index contributed by atoms with van der Waals surface area (Å²) in [6.07, 6.45) is 17.6. The molecular formula is C26H44O. The summed E-state index contributed by atoms with van der Waals surface area (Å²) in [5, 5.41) is 0. The highest BCUT2D eigenvalue weighted by atomic mass is 16.1. The molecule has 0 bridgehead atoms. The average Bonchev–Trinajstić information content (AvgIpc) is 3.02. The minimum atomic E-state index is 0.466. The summed E-state index contributed by atoms with van der Waals surface area (Å²) in [7, 11) is 0. The van der Waals surface area contributed by atoms with Crippen molar-refractivity contribution in [1.82, 2.24) is 0 Å². The van der Waals surface area contributed by atoms with Crippen molar-refractivity contribution in [3.63, 3.8) is 0 Å². The Balaban J connectivity index is 1.49. The van der Waals surface area contributed by atoms with Crippen LogP contribution in [0.4, 0.5) is 0 Å². The van der Waals surface area contributed by atoms with Crippen molar-refractivity contribution in [2.45, 2.75) is 111 Å². The molecule has 154 valence electrons. The molecule has 0 heterocycles. The van der Waals surface area contributed by atoms with Gasteiger partial charge in [-0.05, 0) is 104 Å². The van der Waals surface area contributed by atoms with E-state index in [1.165, 1.54) is 64.2 Å². The third-order valence-electron chi connectivity index (χ3n) is 10.6. The number of carbonyl (C=O) groups excluding carboxylic acids is 1. The van der Waals surface area contributed by atoms with Gasteiger partial charge in [-0.2, -0.15) is 0 Å². The number of Topliss-reactive ketones (excluding diaryl/α,β-unsaturated/α-hetero) is 1. The van der Waals surface area contributed by atoms with Gasteiger partial charge < -0.3 is 0 Å². The largest absolute Gasteiger partial charge is 0.300 e. The molecule has 0 aliphatic heterocycles. The summed E-state index contributed by atoms with van der Waals surface area (Å²) in [6.45, 7) is 9.84. The van der Waals surface area contributed by atoms with Gasteiger partial charge in [-0.25, -0.2) is 0 Å². The summed E-state index contributed by atoms with van der Waals surface area (Å²) in [6, 6.07) is 0. The first-order valence-electron chi connectivity index (χ1n) is 12.4. The maximum Gasteiger partial charge on any atom is 0.132 e. The van der Waals surface area contributed by atoms with E-state index in [0.29, 0.717) is 16.6 Å². The molecular weight excluding hydrogens is 328 g/mol. The summed E-state index contributed by atoms with van der Waals surface area (Å²) in [5.74, 6) is 6.11. The van der Waals surface area contributed by atoms with Crippen LogP contribution >= 0.6 is 0 Å². The van der Waals surface area contributed by atoms with Crippen LogP contribution in [-0.4, -0.2) is 5.78 Å². The number of hydrogen-bond donors (Lipinski definition) is 0. The Kier molecular flexibility index (Phi) is 5.54. The lowest BCUT2D eigenvalue weighted by atomic mass is 9.44. The maximum atomic E-state index is 11.9. The maximum absolute atomic E-state index is 11.9. The fraction of sp³-hybridized carbons (Fsp3) is 0.962. The van der Waals surface area contributed by atoms with Crippen LogP contribution in [0.5, 0.6) is 0 Å². The van der Waals surface area contributed by atoms with Crippen LogP contribution in [0.3, 0.4) is 0 Å². The van der Waals surface area contributed by atoms with Crippen molar-refractivity contribution < 1.29 is 4.79 Å². The number of rotatable bonds is 5. The van der Waals surface area contributed by atoms with Gasteiger partial charge >= 0.3 is 0 Å². The van der Waals surface area contributed by atoms with Crippen LogP contribution in [0, 0.1) is 46.3 Å². The number of ketones is 1. The molecule has 4 aliphatic carbocycles. The normalized spacial score (nSPS) is 47.6. The molecule has 1 nitrogen and oxygen atoms in total. The van der Waals surface area contributed by atoms with E-state index in [2.05, 4.69) is 20.8 Å². The number of carbonyl (C=O) groups is 1. The lowest BCUT2D eigenvalue weighted by Gasteiger charge is -2.61. The van der Waals surface area contributed by atoms with E-state index in [4.69, 9.17) is 0 Å². The first-order valence-corrected chi connectivity index (χ1v) is 12.4. The van der Waals surface area contributed by atoms with E-state index >= 15 is 0 Å². The third-order valence-corrected chi connectivity index (χ3v) is 10.6. The molecule has 4 fully saturated rings. The van der Waals surface area contributed by atoms with Gasteiger partial charge in [0, 0.05) is 12.8 Å². The van der Waals surface area contributed by atoms with E-state index < -0.39 is 0 Å². The van der Waals surface area contributed by atoms with Gasteiger partial charge in [0.2, 0.25) is 0 Å². The van der Waals surface area contributed by atoms with Crippen LogP contribution in [0.2, 0.25) is 0 Å². The molecule has 0 N–H and O–H groups in total. The van der Waals surface area contributed by atoms with Gasteiger partial charge in [0.1, 0.15) is 5.78 Å². The Labute approximate surface area is 168 Å². The lowest BCUT2D eigenvalue weighted by Crippen LogP contribution is -2.53. The third kappa shape index (κ3) is 3.24. The van der Waals surface area contributed by atoms with Gasteiger partial charge in [0.15, 0.2) is 0 Å². The highest BCUT2D eigenvalue weighted by Crippen LogP contribution is 2.68. The Morgan fingerprint density at radius 2 is 1.70 bits per heavy atom. The van der Waals surface area contributed by atoms with Crippen molar-refractivity contribution in [2.24, 2.45) is 46.3 Å². The van der Waals surface area contributed by atoms with Crippen molar-refractivity contribution in [3.8, 4) is 0 Å². The molecule has 8 atom stereocenters. The van der Waals surface area contributed by atoms with Crippen LogP contribution in [0.15, 0.2) is 0 Å². The first kappa shape index (κ1) is 20.0. The Morgan fingerprint density at radius 3 is 2.48 bits per heavy atom. The van der Waals surface area contributed by atoms with E-state index in [1.54, 1.807) is 0 Å². The van der Waals surface area contributed by atoms with Crippen LogP contribution in [-0.2, 0) is 4.79 Å². The predicted molar refractivity (Wildman–Crippen MR) is 114 cm³/mol. The molecule has 0 amide bonds. The van der Waals surface area contributed by atoms with E-state index in [0.717, 1.165) is 54.8 Å². The van der Waals surface area contributed by atoms with Crippen LogP contribution < -0.4 is 0 Å². The fourth-order valence-corrected chi connectivity index (χ4v) is 9.04. The monoisotopic (exact) mass is 372 g/mol. The van der Waals surface area contributed by atoms with Crippen LogP contribution in [0.25, 0.3) is 0 Å². The Hall–Kier alpha value is -0.330. The summed E-state index contributed by atoms with van der Waals surface area (Å²) in [5.41, 5.74) is 1.23. The molecule has 0 radical (unpaired) electrons. The van der Waals surface area contributed by atoms with E-state index in [-0.39, 0.29) is 0 Å². The molecule has 4 rings (SSSR count). The van der Waals surface area contributed by atoms with Crippen molar-refractivity contribution in [2.75, 3.05) is 0 Å². The van der Waals surface area contributed by atoms with Gasteiger partial charge in [-0.1, -0.05) is 40.5 Å². The zero-order chi connectivity index (χ0) is 19.2. The first-order chi connectivity index (χ1) is 12.9. The Bertz CT molecular complexity index is 552. The second-order valence-corrected chi connectivity index (χ2v) is 11.5. The number of fused-ring (bicyclic) bond motifs is 5. The van der Waals surface area contributed by atoms with Gasteiger partial charge in [0.25, 0.3) is 0 Å². The lowest BCUT2D eigenvalue weighted by molar-refractivity contribution is -0.120. The molecule has 4 saturated carbocycles. The molecule has 2 unspecified atom stereocenters. The molecule has 0 aromatic heterocycles. The molecule has 27 heavy (non-hydrogen) atoms. The minimum absolute atomic E-state index is 0.466. The standard InChI is InChI=1S/C26H44O/c1-5-20(27)11-9-18(2)22-13-14-23-21-12-10-19-8-6-7-16-25(19,3)24(21)15-17-26(22,23)4/h18-19,21-24H,5-17H2,1-4H3/t18-,19+,21?,22-,23+,24+,25?,26-/m1/s1. The molecule has 0 aromatic carbocycles. The highest BCUT2D eigenvalue weighted by Gasteiger charge is 2.60. The van der Waals surface area contributed by atoms with Crippen molar-refractivity contribution in [3.05, 3.63) is 0 Å². The van der Waals surface area contributed by atoms with Gasteiger partial charge in [-0.3, -0.25) is 4.79 Å². The zero-order valence-electron chi connectivity index (χ0n) is 18.6. The molecule has 1 heteroatoms. The molecule has 0 aromatic rings. The second kappa shape index (κ2) is 7.49. The van der Waals surface area contributed by atoms with Gasteiger partial charge in [-0.15, -0.1) is 0 Å². The SMILES string of the molecule is CCC(=O)CC[C@@H](C)[C@H]1CC[C@H]2C3CC[C@@H]4CCCCC4(C)[C@H]3CC[C@]12C. The highest BCUT2D eigenvalue weighted by molar-refractivity contribution is 5.77. The summed E-state index contributed by atoms with van der Waals surface area (Å²) < 4.78 is 0. The van der Waals surface area contributed by atoms with Gasteiger partial charge in [0.05, 0.1) is 0 Å². The van der Waals surface area contributed by atoms with Crippen LogP contribution in [0.1, 0.15) is 111 Å². The fourth-order valence-electron chi connectivity index (χ4n) is 9.04. The van der Waals surface area contributed by atoms with Crippen molar-refractivity contribution >= 4 is 5.78 Å². The van der Waals surface area contributed by atoms with Crippen molar-refractivity contribution in [1.29, 1.82) is 0 Å². The second-order valence-electron chi connectivity index (χ2n) is 11.5. The molecule has 4 aliphatic rings. The molecule has 0 spiro atoms. The topological polar surface area (TPSA) is 17.1 Å². The minimum Gasteiger partial charge on any atom is -0.300 e. The van der Waals surface area contributed by atoms with E-state index in [9.17, 15) is 4.79 Å². The molecule has 0 saturated heterocycles.